The van der Waals surface area contributed by atoms with E-state index in [-0.39, 0.29) is 11.5 Å². The summed E-state index contributed by atoms with van der Waals surface area (Å²) < 4.78 is 11.4. The molecule has 0 bridgehead atoms. The molecule has 31 heavy (non-hydrogen) atoms. The highest BCUT2D eigenvalue weighted by atomic mass is 16.5. The van der Waals surface area contributed by atoms with Crippen LogP contribution in [0.4, 0.5) is 5.69 Å². The van der Waals surface area contributed by atoms with Crippen molar-refractivity contribution in [2.45, 2.75) is 6.42 Å². The number of nitrogens with zero attached hydrogens (tertiary/aromatic N) is 1. The number of hydrazine groups is 1. The minimum Gasteiger partial charge on any atom is -0.493 e. The van der Waals surface area contributed by atoms with Gasteiger partial charge in [-0.25, -0.2) is 5.01 Å². The fraction of sp³-hybridized carbons (Fsp3) is 0.120. The van der Waals surface area contributed by atoms with E-state index in [0.717, 1.165) is 23.5 Å². The Hall–Kier alpha value is -4.06. The quantitative estimate of drug-likeness (QED) is 0.344. The zero-order valence-electron chi connectivity index (χ0n) is 16.9. The molecule has 3 aromatic rings. The molecule has 1 heterocycles. The molecule has 6 nitrogen and oxygen atoms in total. The van der Waals surface area contributed by atoms with Crippen molar-refractivity contribution >= 4 is 23.6 Å². The number of anilines is 1. The van der Waals surface area contributed by atoms with Crippen LogP contribution in [0.5, 0.6) is 11.5 Å². The lowest BCUT2D eigenvalue weighted by atomic mass is 10.1. The zero-order valence-corrected chi connectivity index (χ0v) is 16.9. The molecule has 0 aromatic heterocycles. The highest BCUT2D eigenvalue weighted by Crippen LogP contribution is 2.22. The molecule has 6 heteroatoms. The first-order chi connectivity index (χ1) is 15.2. The van der Waals surface area contributed by atoms with Gasteiger partial charge in [0.05, 0.1) is 18.9 Å². The number of benzene rings is 3. The summed E-state index contributed by atoms with van der Waals surface area (Å²) in [5.41, 5.74) is 4.05. The molecule has 1 saturated heterocycles. The number of para-hydroxylation sites is 2. The van der Waals surface area contributed by atoms with Gasteiger partial charge < -0.3 is 9.47 Å². The summed E-state index contributed by atoms with van der Waals surface area (Å²) in [5, 5.41) is 1.25. The minimum atomic E-state index is -0.424. The Balaban J connectivity index is 1.30. The van der Waals surface area contributed by atoms with Crippen molar-refractivity contribution in [3.8, 4) is 11.5 Å². The number of ether oxygens (including phenoxy) is 2. The molecule has 1 aliphatic heterocycles. The number of rotatable bonds is 8. The van der Waals surface area contributed by atoms with Gasteiger partial charge in [-0.1, -0.05) is 48.5 Å². The second kappa shape index (κ2) is 9.63. The van der Waals surface area contributed by atoms with Crippen LogP contribution in [0.1, 0.15) is 12.0 Å². The molecule has 156 valence electrons. The predicted octanol–water partition coefficient (Wildman–Crippen LogP) is 4.00. The molecule has 2 amide bonds. The van der Waals surface area contributed by atoms with Crippen molar-refractivity contribution < 1.29 is 19.1 Å². The van der Waals surface area contributed by atoms with E-state index < -0.39 is 5.91 Å². The lowest BCUT2D eigenvalue weighted by Crippen LogP contribution is -2.35. The number of hydrogen-bond donors (Lipinski definition) is 1. The van der Waals surface area contributed by atoms with Crippen molar-refractivity contribution in [1.29, 1.82) is 0 Å². The first-order valence-corrected chi connectivity index (χ1v) is 10.0. The maximum atomic E-state index is 12.6. The Kier molecular flexibility index (Phi) is 6.28. The molecule has 0 atom stereocenters. The topological polar surface area (TPSA) is 67.9 Å². The van der Waals surface area contributed by atoms with E-state index >= 15 is 0 Å². The van der Waals surface area contributed by atoms with Crippen LogP contribution in [-0.2, 0) is 9.59 Å². The monoisotopic (exact) mass is 414 g/mol. The molecular formula is C25H22N2O4. The average Bonchev–Trinajstić information content (AvgIpc) is 3.09. The Morgan fingerprint density at radius 2 is 1.32 bits per heavy atom. The molecule has 0 unspecified atom stereocenters. The van der Waals surface area contributed by atoms with Crippen molar-refractivity contribution in [3.05, 3.63) is 96.1 Å². The highest BCUT2D eigenvalue weighted by molar-refractivity contribution is 6.31. The molecule has 4 rings (SSSR count). The van der Waals surface area contributed by atoms with Crippen LogP contribution < -0.4 is 19.9 Å². The summed E-state index contributed by atoms with van der Waals surface area (Å²) in [6.07, 6.45) is 2.34. The van der Waals surface area contributed by atoms with Crippen molar-refractivity contribution in [2.24, 2.45) is 0 Å². The molecule has 0 spiro atoms. The van der Waals surface area contributed by atoms with Crippen LogP contribution >= 0.6 is 0 Å². The van der Waals surface area contributed by atoms with Crippen LogP contribution in [0.3, 0.4) is 0 Å². The van der Waals surface area contributed by atoms with Gasteiger partial charge in [-0.15, -0.1) is 0 Å². The Labute approximate surface area is 180 Å². The maximum Gasteiger partial charge on any atom is 0.282 e. The van der Waals surface area contributed by atoms with E-state index in [2.05, 4.69) is 5.43 Å². The second-order valence-electron chi connectivity index (χ2n) is 6.91. The number of hydrogen-bond acceptors (Lipinski definition) is 4. The maximum absolute atomic E-state index is 12.6. The third kappa shape index (κ3) is 5.11. The summed E-state index contributed by atoms with van der Waals surface area (Å²) in [6.45, 7) is 1.10. The molecular weight excluding hydrogens is 392 g/mol. The lowest BCUT2D eigenvalue weighted by Gasteiger charge is -2.13. The van der Waals surface area contributed by atoms with Gasteiger partial charge in [-0.05, 0) is 48.0 Å². The Morgan fingerprint density at radius 1 is 0.742 bits per heavy atom. The summed E-state index contributed by atoms with van der Waals surface area (Å²) in [5.74, 6) is 0.758. The van der Waals surface area contributed by atoms with E-state index in [1.54, 1.807) is 18.2 Å². The molecule has 1 N–H and O–H groups in total. The summed E-state index contributed by atoms with van der Waals surface area (Å²) >= 11 is 0. The second-order valence-corrected chi connectivity index (χ2v) is 6.91. The van der Waals surface area contributed by atoms with E-state index in [0.29, 0.717) is 18.9 Å². The number of carbonyl (C=O) groups excluding carboxylic acids is 2. The Morgan fingerprint density at radius 3 is 1.97 bits per heavy atom. The molecule has 0 radical (unpaired) electrons. The van der Waals surface area contributed by atoms with Crippen LogP contribution in [0, 0.1) is 0 Å². The summed E-state index contributed by atoms with van der Waals surface area (Å²) in [7, 11) is 0. The lowest BCUT2D eigenvalue weighted by molar-refractivity contribution is -0.117. The van der Waals surface area contributed by atoms with Gasteiger partial charge in [-0.3, -0.25) is 15.0 Å². The first kappa shape index (κ1) is 20.2. The van der Waals surface area contributed by atoms with Gasteiger partial charge in [0.1, 0.15) is 17.1 Å². The van der Waals surface area contributed by atoms with Crippen LogP contribution in [0.15, 0.2) is 90.5 Å². The van der Waals surface area contributed by atoms with Gasteiger partial charge in [0.15, 0.2) is 0 Å². The van der Waals surface area contributed by atoms with Crippen LogP contribution in [0.2, 0.25) is 0 Å². The Bertz CT molecular complexity index is 1060. The number of nitrogens with one attached hydrogen (secondary N) is 1. The molecule has 0 saturated carbocycles. The van der Waals surface area contributed by atoms with E-state index in [1.165, 1.54) is 5.01 Å². The summed E-state index contributed by atoms with van der Waals surface area (Å²) in [6, 6.07) is 25.9. The standard InChI is InChI=1S/C25H22N2O4/c28-24-23(25(29)27(26-24)20-8-3-1-4-9-20)18-19-12-14-22(15-13-19)31-17-7-16-30-21-10-5-2-6-11-21/h1-6,8-15,18H,7,16-17H2,(H,26,28)/b23-18-. The van der Waals surface area contributed by atoms with Crippen molar-refractivity contribution in [2.75, 3.05) is 18.2 Å². The zero-order chi connectivity index (χ0) is 21.5. The fourth-order valence-electron chi connectivity index (χ4n) is 3.10. The van der Waals surface area contributed by atoms with E-state index in [9.17, 15) is 9.59 Å². The smallest absolute Gasteiger partial charge is 0.282 e. The molecule has 0 aliphatic carbocycles. The van der Waals surface area contributed by atoms with Crippen LogP contribution in [-0.4, -0.2) is 25.0 Å². The SMILES string of the molecule is O=C1NN(c2ccccc2)C(=O)/C1=C\c1ccc(OCCCOc2ccccc2)cc1. The normalized spacial score (nSPS) is 14.6. The largest absolute Gasteiger partial charge is 0.493 e. The van der Waals surface area contributed by atoms with Gasteiger partial charge in [-0.2, -0.15) is 0 Å². The summed E-state index contributed by atoms with van der Waals surface area (Å²) in [4.78, 5) is 24.9. The number of amides is 2. The van der Waals surface area contributed by atoms with Gasteiger partial charge >= 0.3 is 0 Å². The third-order valence-corrected chi connectivity index (χ3v) is 4.67. The first-order valence-electron chi connectivity index (χ1n) is 10.0. The van der Waals surface area contributed by atoms with Gasteiger partial charge in [0, 0.05) is 6.42 Å². The van der Waals surface area contributed by atoms with Gasteiger partial charge in [0.25, 0.3) is 11.8 Å². The molecule has 3 aromatic carbocycles. The van der Waals surface area contributed by atoms with E-state index in [4.69, 9.17) is 9.47 Å². The average molecular weight is 414 g/mol. The molecule has 1 fully saturated rings. The fourth-order valence-corrected chi connectivity index (χ4v) is 3.10. The van der Waals surface area contributed by atoms with Crippen molar-refractivity contribution in [1.82, 2.24) is 5.43 Å². The van der Waals surface area contributed by atoms with Gasteiger partial charge in [0.2, 0.25) is 0 Å². The van der Waals surface area contributed by atoms with Crippen LogP contribution in [0.25, 0.3) is 6.08 Å². The van der Waals surface area contributed by atoms with Crippen molar-refractivity contribution in [3.63, 3.8) is 0 Å². The minimum absolute atomic E-state index is 0.0931. The third-order valence-electron chi connectivity index (χ3n) is 4.67. The molecule has 1 aliphatic rings. The van der Waals surface area contributed by atoms with E-state index in [1.807, 2.05) is 72.8 Å². The highest BCUT2D eigenvalue weighted by Gasteiger charge is 2.34. The predicted molar refractivity (Wildman–Crippen MR) is 119 cm³/mol. The number of carbonyl (C=O) groups is 2.